The zero-order chi connectivity index (χ0) is 40.5. The van der Waals surface area contributed by atoms with Gasteiger partial charge >= 0.3 is 11.9 Å². The highest BCUT2D eigenvalue weighted by Crippen LogP contribution is 2.27. The molecule has 57 heavy (non-hydrogen) atoms. The highest BCUT2D eigenvalue weighted by Gasteiger charge is 2.40. The van der Waals surface area contributed by atoms with Crippen molar-refractivity contribution in [2.75, 3.05) is 0 Å². The standard InChI is InChI=1S/C24H22N2O6.C20H19NO4/c27-20(16-6-2-1-3-7-16)10-11-21(28)25-15-18-9-5-4-8-17(18)14-19(25)24(31)32-26-22(29)12-13-23(26)30;22-18(14-6-2-1-3-7-14)10-11-19(23)21-13-16-9-5-4-8-15(16)12-17(21)20(24)25/h1-9,19H,10-15H2;1-9,17H,10-13H2,(H,24,25). The Bertz CT molecular complexity index is 2170. The van der Waals surface area contributed by atoms with E-state index in [1.807, 2.05) is 54.6 Å². The maximum atomic E-state index is 13.0. The third-order valence-corrected chi connectivity index (χ3v) is 10.2. The highest BCUT2D eigenvalue weighted by molar-refractivity contribution is 6.02. The summed E-state index contributed by atoms with van der Waals surface area (Å²) in [4.78, 5) is 106. The number of hydroxylamine groups is 2. The number of rotatable bonds is 11. The maximum absolute atomic E-state index is 13.0. The van der Waals surface area contributed by atoms with E-state index in [2.05, 4.69) is 0 Å². The number of carboxylic acids is 1. The van der Waals surface area contributed by atoms with Crippen molar-refractivity contribution < 1.29 is 48.3 Å². The fourth-order valence-corrected chi connectivity index (χ4v) is 7.07. The number of carboxylic acid groups (broad SMARTS) is 1. The number of carbonyl (C=O) groups excluding carboxylic acids is 7. The van der Waals surface area contributed by atoms with E-state index in [-0.39, 0.29) is 81.4 Å². The van der Waals surface area contributed by atoms with Gasteiger partial charge < -0.3 is 19.7 Å². The minimum atomic E-state index is -1.02. The molecule has 2 atom stereocenters. The van der Waals surface area contributed by atoms with Crippen molar-refractivity contribution in [3.63, 3.8) is 0 Å². The Morgan fingerprint density at radius 2 is 0.912 bits per heavy atom. The van der Waals surface area contributed by atoms with Crippen LogP contribution in [0.15, 0.2) is 109 Å². The summed E-state index contributed by atoms with van der Waals surface area (Å²) in [5.74, 6) is -3.96. The van der Waals surface area contributed by atoms with Gasteiger partial charge in [0, 0.05) is 75.6 Å². The van der Waals surface area contributed by atoms with Gasteiger partial charge in [0.2, 0.25) is 11.8 Å². The molecule has 0 aliphatic carbocycles. The number of ketones is 2. The highest BCUT2D eigenvalue weighted by atomic mass is 16.7. The molecular weight excluding hydrogens is 730 g/mol. The molecular formula is C44H41N3O10. The number of hydrogen-bond acceptors (Lipinski definition) is 9. The number of benzene rings is 4. The molecule has 4 aromatic carbocycles. The van der Waals surface area contributed by atoms with Gasteiger partial charge in [-0.2, -0.15) is 0 Å². The summed E-state index contributed by atoms with van der Waals surface area (Å²) in [5.41, 5.74) is 4.79. The number of imide groups is 1. The Morgan fingerprint density at radius 3 is 1.35 bits per heavy atom. The SMILES string of the molecule is O=C(CCC(=O)N1Cc2ccccc2CC1C(=O)O)c1ccccc1.O=C(CCC(=O)N1Cc2ccccc2CC1C(=O)ON1C(=O)CCC1=O)c1ccccc1. The van der Waals surface area contributed by atoms with E-state index in [1.165, 1.54) is 9.80 Å². The lowest BCUT2D eigenvalue weighted by Crippen LogP contribution is -2.51. The molecule has 0 aromatic heterocycles. The van der Waals surface area contributed by atoms with Gasteiger partial charge in [-0.15, -0.1) is 5.06 Å². The van der Waals surface area contributed by atoms with Crippen molar-refractivity contribution in [2.45, 2.75) is 76.5 Å². The van der Waals surface area contributed by atoms with Crippen molar-refractivity contribution in [1.82, 2.24) is 14.9 Å². The van der Waals surface area contributed by atoms with Crippen LogP contribution in [0.2, 0.25) is 0 Å². The van der Waals surface area contributed by atoms with Crippen LogP contribution in [0.1, 0.15) is 81.5 Å². The molecule has 3 aliphatic heterocycles. The quantitative estimate of drug-likeness (QED) is 0.163. The van der Waals surface area contributed by atoms with Crippen LogP contribution in [0.25, 0.3) is 0 Å². The Hall–Kier alpha value is -6.76. The molecule has 13 nitrogen and oxygen atoms in total. The molecule has 3 aliphatic rings. The predicted molar refractivity (Wildman–Crippen MR) is 204 cm³/mol. The Kier molecular flexibility index (Phi) is 12.8. The summed E-state index contributed by atoms with van der Waals surface area (Å²) in [6, 6.07) is 30.6. The monoisotopic (exact) mass is 771 g/mol. The van der Waals surface area contributed by atoms with Crippen LogP contribution in [0.3, 0.4) is 0 Å². The normalized spacial score (nSPS) is 17.1. The van der Waals surface area contributed by atoms with Gasteiger partial charge in [-0.05, 0) is 22.3 Å². The minimum Gasteiger partial charge on any atom is -0.480 e. The fraction of sp³-hybridized carbons (Fsp3) is 0.273. The average Bonchev–Trinajstić information content (AvgIpc) is 3.56. The number of aliphatic carboxylic acids is 1. The first-order chi connectivity index (χ1) is 27.5. The van der Waals surface area contributed by atoms with Gasteiger partial charge in [-0.1, -0.05) is 109 Å². The number of nitrogens with zero attached hydrogens (tertiary/aromatic N) is 3. The molecule has 292 valence electrons. The van der Waals surface area contributed by atoms with Crippen LogP contribution in [0, 0.1) is 0 Å². The smallest absolute Gasteiger partial charge is 0.355 e. The van der Waals surface area contributed by atoms with Crippen LogP contribution in [0.5, 0.6) is 0 Å². The lowest BCUT2D eigenvalue weighted by atomic mass is 9.93. The lowest BCUT2D eigenvalue weighted by Gasteiger charge is -2.35. The predicted octanol–water partition coefficient (Wildman–Crippen LogP) is 4.90. The van der Waals surface area contributed by atoms with E-state index in [0.717, 1.165) is 22.3 Å². The molecule has 1 N–H and O–H groups in total. The zero-order valence-electron chi connectivity index (χ0n) is 31.1. The first kappa shape index (κ1) is 39.9. The first-order valence-electron chi connectivity index (χ1n) is 18.7. The largest absolute Gasteiger partial charge is 0.480 e. The lowest BCUT2D eigenvalue weighted by molar-refractivity contribution is -0.202. The third-order valence-electron chi connectivity index (χ3n) is 10.2. The van der Waals surface area contributed by atoms with Crippen LogP contribution in [0.4, 0.5) is 0 Å². The van der Waals surface area contributed by atoms with E-state index in [9.17, 15) is 43.5 Å². The first-order valence-corrected chi connectivity index (χ1v) is 18.7. The maximum Gasteiger partial charge on any atom is 0.355 e. The van der Waals surface area contributed by atoms with Crippen molar-refractivity contribution in [3.8, 4) is 0 Å². The molecule has 0 bridgehead atoms. The van der Waals surface area contributed by atoms with Gasteiger partial charge in [0.15, 0.2) is 11.6 Å². The van der Waals surface area contributed by atoms with Gasteiger partial charge in [-0.25, -0.2) is 9.59 Å². The molecule has 0 spiro atoms. The Labute approximate surface area is 328 Å². The topological polar surface area (TPSA) is 176 Å². The van der Waals surface area contributed by atoms with Crippen molar-refractivity contribution >= 4 is 47.1 Å². The third kappa shape index (κ3) is 9.74. The van der Waals surface area contributed by atoms with Crippen molar-refractivity contribution in [1.29, 1.82) is 0 Å². The van der Waals surface area contributed by atoms with Gasteiger partial charge in [-0.3, -0.25) is 28.8 Å². The van der Waals surface area contributed by atoms with E-state index >= 15 is 0 Å². The summed E-state index contributed by atoms with van der Waals surface area (Å²) in [5, 5.41) is 9.97. The number of carbonyl (C=O) groups is 8. The second kappa shape index (κ2) is 18.2. The number of Topliss-reactive ketones (excluding diaryl/α,β-unsaturated/α-hetero) is 2. The minimum absolute atomic E-state index is 0.00581. The summed E-state index contributed by atoms with van der Waals surface area (Å²) < 4.78 is 0. The molecule has 0 saturated carbocycles. The molecule has 1 fully saturated rings. The molecule has 0 radical (unpaired) electrons. The van der Waals surface area contributed by atoms with Gasteiger partial charge in [0.05, 0.1) is 0 Å². The molecule has 2 unspecified atom stereocenters. The molecule has 7 rings (SSSR count). The van der Waals surface area contributed by atoms with Crippen molar-refractivity contribution in [3.05, 3.63) is 143 Å². The molecule has 4 aromatic rings. The molecule has 1 saturated heterocycles. The summed E-state index contributed by atoms with van der Waals surface area (Å²) in [7, 11) is 0. The van der Waals surface area contributed by atoms with E-state index in [0.29, 0.717) is 22.6 Å². The second-order valence-electron chi connectivity index (χ2n) is 13.9. The van der Waals surface area contributed by atoms with E-state index in [1.54, 1.807) is 54.6 Å². The van der Waals surface area contributed by atoms with Crippen molar-refractivity contribution in [2.24, 2.45) is 0 Å². The van der Waals surface area contributed by atoms with E-state index < -0.39 is 35.8 Å². The van der Waals surface area contributed by atoms with Gasteiger partial charge in [0.25, 0.3) is 11.8 Å². The van der Waals surface area contributed by atoms with Crippen LogP contribution >= 0.6 is 0 Å². The van der Waals surface area contributed by atoms with Crippen LogP contribution in [-0.4, -0.2) is 79.2 Å². The molecule has 13 heteroatoms. The van der Waals surface area contributed by atoms with Gasteiger partial charge in [0.1, 0.15) is 12.1 Å². The fourth-order valence-electron chi connectivity index (χ4n) is 7.07. The van der Waals surface area contributed by atoms with Crippen LogP contribution < -0.4 is 0 Å². The molecule has 3 heterocycles. The zero-order valence-corrected chi connectivity index (χ0v) is 31.1. The van der Waals surface area contributed by atoms with Crippen LogP contribution in [-0.2, 0) is 59.5 Å². The summed E-state index contributed by atoms with van der Waals surface area (Å²) in [6.07, 6.45) is 0.501. The summed E-state index contributed by atoms with van der Waals surface area (Å²) >= 11 is 0. The average molecular weight is 772 g/mol. The summed E-state index contributed by atoms with van der Waals surface area (Å²) in [6.45, 7) is 0.446. The second-order valence-corrected chi connectivity index (χ2v) is 13.9. The Morgan fingerprint density at radius 1 is 0.526 bits per heavy atom. The number of amides is 4. The Balaban J connectivity index is 0.000000199. The molecule has 4 amide bonds. The number of hydrogen-bond donors (Lipinski definition) is 1. The van der Waals surface area contributed by atoms with E-state index in [4.69, 9.17) is 4.84 Å². The number of fused-ring (bicyclic) bond motifs is 2.